The van der Waals surface area contributed by atoms with Gasteiger partial charge in [0.2, 0.25) is 0 Å². The summed E-state index contributed by atoms with van der Waals surface area (Å²) in [5.41, 5.74) is 1.89. The minimum Gasteiger partial charge on any atom is -0.332 e. The molecule has 3 nitrogen and oxygen atoms in total. The fraction of sp³-hybridized carbons (Fsp3) is 0.278. The lowest BCUT2D eigenvalue weighted by atomic mass is 9.96. The van der Waals surface area contributed by atoms with Gasteiger partial charge in [0.15, 0.2) is 6.54 Å². The Morgan fingerprint density at radius 3 is 2.36 bits per heavy atom. The third-order valence-electron chi connectivity index (χ3n) is 3.61. The second kappa shape index (κ2) is 7.97. The molecule has 0 radical (unpaired) electrons. The molecule has 0 fully saturated rings. The third-order valence-corrected chi connectivity index (χ3v) is 3.94. The molecule has 0 saturated heterocycles. The highest BCUT2D eigenvalue weighted by molar-refractivity contribution is 6.33. The van der Waals surface area contributed by atoms with Gasteiger partial charge in [-0.05, 0) is 12.1 Å². The highest BCUT2D eigenvalue weighted by atomic mass is 35.5. The number of rotatable bonds is 6. The normalized spacial score (nSPS) is 12.2. The topological polar surface area (TPSA) is 45.7 Å². The van der Waals surface area contributed by atoms with E-state index in [0.717, 1.165) is 0 Å². The van der Waals surface area contributed by atoms with E-state index in [1.165, 1.54) is 5.56 Å². The molecule has 4 heteroatoms. The lowest BCUT2D eigenvalue weighted by molar-refractivity contribution is -0.692. The number of anilines is 1. The summed E-state index contributed by atoms with van der Waals surface area (Å²) in [4.78, 5) is 12.1. The fourth-order valence-corrected chi connectivity index (χ4v) is 2.65. The number of hydrogen-bond donors (Lipinski definition) is 2. The van der Waals surface area contributed by atoms with E-state index in [4.69, 9.17) is 11.6 Å². The smallest absolute Gasteiger partial charge is 0.279 e. The van der Waals surface area contributed by atoms with E-state index in [1.807, 2.05) is 30.3 Å². The predicted molar refractivity (Wildman–Crippen MR) is 90.9 cm³/mol. The molecular formula is C18H22ClN2O+. The van der Waals surface area contributed by atoms with Gasteiger partial charge in [-0.15, -0.1) is 0 Å². The van der Waals surface area contributed by atoms with Gasteiger partial charge in [-0.25, -0.2) is 0 Å². The summed E-state index contributed by atoms with van der Waals surface area (Å²) in [6.45, 7) is 4.70. The zero-order valence-electron chi connectivity index (χ0n) is 12.9. The van der Waals surface area contributed by atoms with Crippen molar-refractivity contribution in [2.45, 2.75) is 19.9 Å². The second-order valence-electron chi connectivity index (χ2n) is 5.65. The summed E-state index contributed by atoms with van der Waals surface area (Å²) < 4.78 is 0. The van der Waals surface area contributed by atoms with Gasteiger partial charge >= 0.3 is 0 Å². The van der Waals surface area contributed by atoms with E-state index >= 15 is 0 Å². The van der Waals surface area contributed by atoms with Gasteiger partial charge < -0.3 is 10.6 Å². The molecule has 1 atom stereocenters. The average Bonchev–Trinajstić information content (AvgIpc) is 2.50. The maximum Gasteiger partial charge on any atom is 0.279 e. The molecule has 0 aliphatic heterocycles. The van der Waals surface area contributed by atoms with Crippen LogP contribution in [0.3, 0.4) is 0 Å². The second-order valence-corrected chi connectivity index (χ2v) is 6.06. The molecule has 22 heavy (non-hydrogen) atoms. The van der Waals surface area contributed by atoms with Crippen LogP contribution in [0.5, 0.6) is 0 Å². The summed E-state index contributed by atoms with van der Waals surface area (Å²) in [5.74, 6) is 0.394. The van der Waals surface area contributed by atoms with Crippen LogP contribution >= 0.6 is 11.6 Å². The third kappa shape index (κ3) is 4.58. The van der Waals surface area contributed by atoms with E-state index < -0.39 is 0 Å². The van der Waals surface area contributed by atoms with Crippen molar-refractivity contribution >= 4 is 23.2 Å². The molecule has 116 valence electrons. The molecule has 2 aromatic carbocycles. The Balaban J connectivity index is 1.95. The Labute approximate surface area is 136 Å². The number of para-hydroxylation sites is 1. The number of amides is 1. The van der Waals surface area contributed by atoms with Gasteiger partial charge in [-0.2, -0.15) is 0 Å². The predicted octanol–water partition coefficient (Wildman–Crippen LogP) is 3.24. The van der Waals surface area contributed by atoms with Crippen LogP contribution in [0.4, 0.5) is 5.69 Å². The van der Waals surface area contributed by atoms with Crippen molar-refractivity contribution in [3.8, 4) is 0 Å². The van der Waals surface area contributed by atoms with Crippen molar-refractivity contribution in [2.24, 2.45) is 5.92 Å². The number of carbonyl (C=O) groups is 1. The fourth-order valence-electron chi connectivity index (χ4n) is 2.47. The first-order valence-corrected chi connectivity index (χ1v) is 7.88. The summed E-state index contributed by atoms with van der Waals surface area (Å²) in [6, 6.07) is 17.8. The van der Waals surface area contributed by atoms with E-state index in [0.29, 0.717) is 23.2 Å². The molecule has 0 unspecified atom stereocenters. The van der Waals surface area contributed by atoms with Crippen LogP contribution in [0, 0.1) is 5.92 Å². The summed E-state index contributed by atoms with van der Waals surface area (Å²) in [7, 11) is 0. The van der Waals surface area contributed by atoms with Crippen LogP contribution in [0.1, 0.15) is 25.5 Å². The SMILES string of the molecule is CC(C)[C@@H]([NH2+]CC(=O)Nc1ccccc1Cl)c1ccccc1. The van der Waals surface area contributed by atoms with E-state index in [-0.39, 0.29) is 11.9 Å². The van der Waals surface area contributed by atoms with E-state index in [2.05, 4.69) is 36.6 Å². The average molecular weight is 318 g/mol. The quantitative estimate of drug-likeness (QED) is 0.844. The van der Waals surface area contributed by atoms with Gasteiger partial charge in [0.25, 0.3) is 5.91 Å². The van der Waals surface area contributed by atoms with Crippen LogP contribution < -0.4 is 10.6 Å². The first kappa shape index (κ1) is 16.5. The van der Waals surface area contributed by atoms with Crippen molar-refractivity contribution < 1.29 is 10.1 Å². The van der Waals surface area contributed by atoms with Gasteiger partial charge in [0.1, 0.15) is 6.04 Å². The van der Waals surface area contributed by atoms with Gasteiger partial charge in [0.05, 0.1) is 10.7 Å². The van der Waals surface area contributed by atoms with E-state index in [1.54, 1.807) is 12.1 Å². The molecule has 0 spiro atoms. The van der Waals surface area contributed by atoms with Gasteiger partial charge in [-0.3, -0.25) is 4.79 Å². The number of halogens is 1. The van der Waals surface area contributed by atoms with Gasteiger partial charge in [-0.1, -0.05) is 67.9 Å². The highest BCUT2D eigenvalue weighted by Gasteiger charge is 2.20. The molecule has 3 N–H and O–H groups in total. The van der Waals surface area contributed by atoms with Crippen LogP contribution in [0.15, 0.2) is 54.6 Å². The van der Waals surface area contributed by atoms with E-state index in [9.17, 15) is 4.79 Å². The molecule has 0 heterocycles. The largest absolute Gasteiger partial charge is 0.332 e. The van der Waals surface area contributed by atoms with Crippen molar-refractivity contribution in [3.63, 3.8) is 0 Å². The molecule has 0 aliphatic carbocycles. The molecule has 0 aliphatic rings. The number of benzene rings is 2. The van der Waals surface area contributed by atoms with Crippen molar-refractivity contribution in [3.05, 3.63) is 65.2 Å². The first-order chi connectivity index (χ1) is 10.6. The Kier molecular flexibility index (Phi) is 5.99. The first-order valence-electron chi connectivity index (χ1n) is 7.50. The summed E-state index contributed by atoms with van der Waals surface area (Å²) in [6.07, 6.45) is 0. The van der Waals surface area contributed by atoms with Crippen LogP contribution in [0.25, 0.3) is 0 Å². The Hall–Kier alpha value is -1.84. The monoisotopic (exact) mass is 317 g/mol. The summed E-state index contributed by atoms with van der Waals surface area (Å²) >= 11 is 6.05. The summed E-state index contributed by atoms with van der Waals surface area (Å²) in [5, 5.41) is 5.48. The molecule has 0 aromatic heterocycles. The molecular weight excluding hydrogens is 296 g/mol. The van der Waals surface area contributed by atoms with Crippen molar-refractivity contribution in [2.75, 3.05) is 11.9 Å². The number of nitrogens with two attached hydrogens (primary N) is 1. The maximum absolute atomic E-state index is 12.1. The number of hydrogen-bond acceptors (Lipinski definition) is 1. The lowest BCUT2D eigenvalue weighted by Gasteiger charge is -2.19. The van der Waals surface area contributed by atoms with Crippen molar-refractivity contribution in [1.82, 2.24) is 0 Å². The maximum atomic E-state index is 12.1. The Bertz CT molecular complexity index is 613. The minimum atomic E-state index is -0.0466. The van der Waals surface area contributed by atoms with Crippen LogP contribution in [-0.2, 0) is 4.79 Å². The van der Waals surface area contributed by atoms with Crippen LogP contribution in [-0.4, -0.2) is 12.5 Å². The molecule has 0 bridgehead atoms. The molecule has 2 aromatic rings. The molecule has 1 amide bonds. The zero-order valence-corrected chi connectivity index (χ0v) is 13.7. The number of carbonyl (C=O) groups excluding carboxylic acids is 1. The number of nitrogens with one attached hydrogen (secondary N) is 1. The standard InChI is InChI=1S/C18H21ClN2O/c1-13(2)18(14-8-4-3-5-9-14)20-12-17(22)21-16-11-7-6-10-15(16)19/h3-11,13,18,20H,12H2,1-2H3,(H,21,22)/p+1/t18-/m1/s1. The number of quaternary nitrogens is 1. The van der Waals surface area contributed by atoms with Gasteiger partial charge in [0, 0.05) is 11.5 Å². The molecule has 2 rings (SSSR count). The molecule has 0 saturated carbocycles. The van der Waals surface area contributed by atoms with Crippen LogP contribution in [0.2, 0.25) is 5.02 Å². The van der Waals surface area contributed by atoms with Crippen molar-refractivity contribution in [1.29, 1.82) is 0 Å². The lowest BCUT2D eigenvalue weighted by Crippen LogP contribution is -2.88. The zero-order chi connectivity index (χ0) is 15.9. The Morgan fingerprint density at radius 2 is 1.73 bits per heavy atom. The highest BCUT2D eigenvalue weighted by Crippen LogP contribution is 2.20. The minimum absolute atomic E-state index is 0.0466. The Morgan fingerprint density at radius 1 is 1.09 bits per heavy atom.